The third kappa shape index (κ3) is 6.39. The molecule has 5 heteroatoms. The van der Waals surface area contributed by atoms with Crippen LogP contribution in [-0.2, 0) is 16.0 Å². The largest absolute Gasteiger partial charge is 0.350 e. The summed E-state index contributed by atoms with van der Waals surface area (Å²) in [4.78, 5) is 24.2. The van der Waals surface area contributed by atoms with Crippen molar-refractivity contribution in [1.29, 1.82) is 0 Å². The first-order valence-electron chi connectivity index (χ1n) is 5.97. The van der Waals surface area contributed by atoms with Gasteiger partial charge in [0.15, 0.2) is 0 Å². The zero-order chi connectivity index (χ0) is 13.6. The van der Waals surface area contributed by atoms with E-state index >= 15 is 0 Å². The van der Waals surface area contributed by atoms with E-state index in [0.717, 1.165) is 6.42 Å². The first-order chi connectivity index (χ1) is 8.37. The third-order valence-corrected chi connectivity index (χ3v) is 3.08. The zero-order valence-electron chi connectivity index (χ0n) is 11.1. The Balaban J connectivity index is 2.19. The fourth-order valence-corrected chi connectivity index (χ4v) is 2.13. The third-order valence-electron chi connectivity index (χ3n) is 2.14. The fraction of sp³-hybridized carbons (Fsp3) is 0.538. The minimum atomic E-state index is -0.265. The first-order valence-corrected chi connectivity index (χ1v) is 6.85. The smallest absolute Gasteiger partial charge is 0.239 e. The number of aryl methyl sites for hydroxylation is 1. The molecule has 0 bridgehead atoms. The summed E-state index contributed by atoms with van der Waals surface area (Å²) in [7, 11) is 0. The molecule has 0 spiro atoms. The quantitative estimate of drug-likeness (QED) is 0.854. The Kier molecular flexibility index (Phi) is 5.34. The minimum absolute atomic E-state index is 0.0422. The van der Waals surface area contributed by atoms with E-state index in [9.17, 15) is 9.59 Å². The molecule has 0 saturated carbocycles. The molecule has 0 saturated heterocycles. The van der Waals surface area contributed by atoms with E-state index < -0.39 is 0 Å². The number of carbonyl (C=O) groups is 2. The number of hydrogen-bond acceptors (Lipinski definition) is 3. The maximum absolute atomic E-state index is 11.5. The van der Waals surface area contributed by atoms with Crippen LogP contribution in [0, 0.1) is 0 Å². The molecule has 0 aliphatic heterocycles. The Bertz CT molecular complexity index is 394. The average molecular weight is 268 g/mol. The van der Waals surface area contributed by atoms with Gasteiger partial charge >= 0.3 is 0 Å². The van der Waals surface area contributed by atoms with Gasteiger partial charge in [-0.3, -0.25) is 9.59 Å². The Morgan fingerprint density at radius 1 is 1.28 bits per heavy atom. The lowest BCUT2D eigenvalue weighted by molar-refractivity contribution is -0.126. The van der Waals surface area contributed by atoms with Crippen molar-refractivity contribution in [3.05, 3.63) is 22.4 Å². The highest BCUT2D eigenvalue weighted by Crippen LogP contribution is 2.10. The van der Waals surface area contributed by atoms with Crippen molar-refractivity contribution < 1.29 is 9.59 Å². The Labute approximate surface area is 112 Å². The topological polar surface area (TPSA) is 58.2 Å². The zero-order valence-corrected chi connectivity index (χ0v) is 11.9. The van der Waals surface area contributed by atoms with Gasteiger partial charge in [0.05, 0.1) is 6.54 Å². The van der Waals surface area contributed by atoms with Gasteiger partial charge in [-0.2, -0.15) is 0 Å². The highest BCUT2D eigenvalue weighted by molar-refractivity contribution is 7.09. The molecule has 1 aromatic heterocycles. The first kappa shape index (κ1) is 14.7. The highest BCUT2D eigenvalue weighted by Gasteiger charge is 2.14. The van der Waals surface area contributed by atoms with Gasteiger partial charge in [0.1, 0.15) is 0 Å². The van der Waals surface area contributed by atoms with Gasteiger partial charge in [-0.15, -0.1) is 11.3 Å². The maximum Gasteiger partial charge on any atom is 0.239 e. The Hall–Kier alpha value is -1.36. The second kappa shape index (κ2) is 6.54. The molecule has 0 fully saturated rings. The molecule has 0 aromatic carbocycles. The summed E-state index contributed by atoms with van der Waals surface area (Å²) >= 11 is 1.64. The van der Waals surface area contributed by atoms with E-state index in [4.69, 9.17) is 0 Å². The normalized spacial score (nSPS) is 11.1. The van der Waals surface area contributed by atoms with E-state index in [0.29, 0.717) is 6.42 Å². The average Bonchev–Trinajstić information content (AvgIpc) is 2.74. The summed E-state index contributed by atoms with van der Waals surface area (Å²) in [6.07, 6.45) is 1.15. The fourth-order valence-electron chi connectivity index (χ4n) is 1.42. The summed E-state index contributed by atoms with van der Waals surface area (Å²) in [5, 5.41) is 7.40. The van der Waals surface area contributed by atoms with E-state index in [-0.39, 0.29) is 23.9 Å². The van der Waals surface area contributed by atoms with E-state index in [1.54, 1.807) is 11.3 Å². The minimum Gasteiger partial charge on any atom is -0.350 e. The van der Waals surface area contributed by atoms with Crippen LogP contribution in [-0.4, -0.2) is 23.9 Å². The van der Waals surface area contributed by atoms with Crippen molar-refractivity contribution >= 4 is 23.2 Å². The summed E-state index contributed by atoms with van der Waals surface area (Å²) in [5.74, 6) is -0.251. The lowest BCUT2D eigenvalue weighted by atomic mass is 10.1. The molecular weight excluding hydrogens is 248 g/mol. The van der Waals surface area contributed by atoms with Crippen LogP contribution >= 0.6 is 11.3 Å². The van der Waals surface area contributed by atoms with Crippen LogP contribution in [0.25, 0.3) is 0 Å². The van der Waals surface area contributed by atoms with Gasteiger partial charge in [0.2, 0.25) is 11.8 Å². The van der Waals surface area contributed by atoms with Crippen molar-refractivity contribution in [3.63, 3.8) is 0 Å². The molecule has 1 heterocycles. The number of hydrogen-bond donors (Lipinski definition) is 2. The molecule has 1 aromatic rings. The molecule has 100 valence electrons. The van der Waals surface area contributed by atoms with Crippen LogP contribution in [0.2, 0.25) is 0 Å². The number of amides is 2. The monoisotopic (exact) mass is 268 g/mol. The number of carbonyl (C=O) groups excluding carboxylic acids is 2. The molecule has 0 radical (unpaired) electrons. The molecule has 1 rings (SSSR count). The van der Waals surface area contributed by atoms with Crippen LogP contribution in [0.1, 0.15) is 32.1 Å². The van der Waals surface area contributed by atoms with Crippen LogP contribution in [0.15, 0.2) is 17.5 Å². The lowest BCUT2D eigenvalue weighted by Gasteiger charge is -2.20. The van der Waals surface area contributed by atoms with Crippen molar-refractivity contribution in [2.24, 2.45) is 0 Å². The van der Waals surface area contributed by atoms with Crippen molar-refractivity contribution in [1.82, 2.24) is 10.6 Å². The number of rotatable bonds is 5. The maximum atomic E-state index is 11.5. The van der Waals surface area contributed by atoms with E-state index in [1.807, 2.05) is 38.3 Å². The molecule has 2 N–H and O–H groups in total. The molecule has 2 amide bonds. The Morgan fingerprint density at radius 2 is 2.00 bits per heavy atom. The van der Waals surface area contributed by atoms with Crippen molar-refractivity contribution in [3.8, 4) is 0 Å². The Morgan fingerprint density at radius 3 is 2.56 bits per heavy atom. The number of nitrogens with one attached hydrogen (secondary N) is 2. The van der Waals surface area contributed by atoms with Gasteiger partial charge in [0, 0.05) is 16.8 Å². The van der Waals surface area contributed by atoms with E-state index in [1.165, 1.54) is 4.88 Å². The molecule has 18 heavy (non-hydrogen) atoms. The molecule has 4 nitrogen and oxygen atoms in total. The summed E-state index contributed by atoms with van der Waals surface area (Å²) in [6.45, 7) is 5.76. The van der Waals surface area contributed by atoms with Crippen molar-refractivity contribution in [2.45, 2.75) is 39.2 Å². The molecule has 0 atom stereocenters. The van der Waals surface area contributed by atoms with Gasteiger partial charge in [-0.1, -0.05) is 6.07 Å². The van der Waals surface area contributed by atoms with Gasteiger partial charge in [-0.05, 0) is 38.6 Å². The second-order valence-corrected chi connectivity index (χ2v) is 6.19. The lowest BCUT2D eigenvalue weighted by Crippen LogP contribution is -2.45. The number of thiophene rings is 1. The molecule has 0 aliphatic rings. The SMILES string of the molecule is CC(C)(C)NC(=O)CNC(=O)CCc1cccs1. The van der Waals surface area contributed by atoms with Gasteiger partial charge in [-0.25, -0.2) is 0 Å². The summed E-state index contributed by atoms with van der Waals surface area (Å²) in [6, 6.07) is 3.97. The second-order valence-electron chi connectivity index (χ2n) is 5.15. The van der Waals surface area contributed by atoms with Gasteiger partial charge in [0.25, 0.3) is 0 Å². The van der Waals surface area contributed by atoms with Crippen molar-refractivity contribution in [2.75, 3.05) is 6.54 Å². The van der Waals surface area contributed by atoms with Crippen LogP contribution < -0.4 is 10.6 Å². The van der Waals surface area contributed by atoms with E-state index in [2.05, 4.69) is 10.6 Å². The summed E-state index contributed by atoms with van der Waals surface area (Å²) < 4.78 is 0. The van der Waals surface area contributed by atoms with Gasteiger partial charge < -0.3 is 10.6 Å². The highest BCUT2D eigenvalue weighted by atomic mass is 32.1. The standard InChI is InChI=1S/C13H20N2O2S/c1-13(2,3)15-12(17)9-14-11(16)7-6-10-5-4-8-18-10/h4-5,8H,6-7,9H2,1-3H3,(H,14,16)(H,15,17). The predicted molar refractivity (Wildman–Crippen MR) is 73.5 cm³/mol. The summed E-state index contributed by atoms with van der Waals surface area (Å²) in [5.41, 5.74) is -0.265. The predicted octanol–water partition coefficient (Wildman–Crippen LogP) is 1.71. The molecular formula is C13H20N2O2S. The molecule has 0 aliphatic carbocycles. The molecule has 0 unspecified atom stereocenters. The van der Waals surface area contributed by atoms with Crippen LogP contribution in [0.4, 0.5) is 0 Å². The van der Waals surface area contributed by atoms with Crippen LogP contribution in [0.5, 0.6) is 0 Å². The van der Waals surface area contributed by atoms with Crippen LogP contribution in [0.3, 0.4) is 0 Å².